The fourth-order valence-corrected chi connectivity index (χ4v) is 1.11. The van der Waals surface area contributed by atoms with Gasteiger partial charge in [-0.25, -0.2) is 0 Å². The van der Waals surface area contributed by atoms with E-state index in [9.17, 15) is 4.79 Å². The monoisotopic (exact) mass is 192 g/mol. The van der Waals surface area contributed by atoms with Crippen LogP contribution in [0.25, 0.3) is 0 Å². The maximum atomic E-state index is 11.9. The van der Waals surface area contributed by atoms with Crippen molar-refractivity contribution in [2.24, 2.45) is 0 Å². The summed E-state index contributed by atoms with van der Waals surface area (Å²) in [5.74, 6) is 0.0330. The zero-order chi connectivity index (χ0) is 10.7. The van der Waals surface area contributed by atoms with Crippen molar-refractivity contribution in [3.05, 3.63) is 29.6 Å². The molecule has 0 N–H and O–H groups in total. The van der Waals surface area contributed by atoms with Gasteiger partial charge in [-0.15, -0.1) is 0 Å². The molecule has 0 aliphatic carbocycles. The predicted molar refractivity (Wildman–Crippen MR) is 56.2 cm³/mol. The molecule has 0 fully saturated rings. The lowest BCUT2D eigenvalue weighted by Gasteiger charge is -2.21. The zero-order valence-corrected chi connectivity index (χ0v) is 9.11. The van der Waals surface area contributed by atoms with Gasteiger partial charge >= 0.3 is 0 Å². The zero-order valence-electron chi connectivity index (χ0n) is 9.11. The van der Waals surface area contributed by atoms with Crippen molar-refractivity contribution in [3.8, 4) is 0 Å². The Kier molecular flexibility index (Phi) is 3.23. The average Bonchev–Trinajstić information content (AvgIpc) is 2.16. The molecule has 3 heteroatoms. The molecule has 3 nitrogen and oxygen atoms in total. The molecule has 0 unspecified atom stereocenters. The summed E-state index contributed by atoms with van der Waals surface area (Å²) < 4.78 is 0. The molecule has 0 atom stereocenters. The molecule has 0 saturated heterocycles. The molecule has 0 bridgehead atoms. The minimum Gasteiger partial charge on any atom is -0.339 e. The molecule has 0 spiro atoms. The van der Waals surface area contributed by atoms with Gasteiger partial charge in [0.05, 0.1) is 5.56 Å². The van der Waals surface area contributed by atoms with Crippen molar-refractivity contribution in [2.45, 2.75) is 26.8 Å². The van der Waals surface area contributed by atoms with Crippen LogP contribution in [0.3, 0.4) is 0 Å². The van der Waals surface area contributed by atoms with Gasteiger partial charge in [0.25, 0.3) is 5.91 Å². The highest BCUT2D eigenvalue weighted by Gasteiger charge is 2.15. The predicted octanol–water partition coefficient (Wildman–Crippen LogP) is 1.87. The van der Waals surface area contributed by atoms with E-state index >= 15 is 0 Å². The summed E-state index contributed by atoms with van der Waals surface area (Å²) in [6.45, 7) is 5.90. The van der Waals surface area contributed by atoms with Crippen LogP contribution in [-0.2, 0) is 0 Å². The molecular weight excluding hydrogens is 176 g/mol. The molecule has 1 aromatic heterocycles. The third kappa shape index (κ3) is 2.10. The third-order valence-corrected chi connectivity index (χ3v) is 2.36. The van der Waals surface area contributed by atoms with E-state index < -0.39 is 0 Å². The van der Waals surface area contributed by atoms with Crippen molar-refractivity contribution in [1.29, 1.82) is 0 Å². The number of hydrogen-bond donors (Lipinski definition) is 0. The van der Waals surface area contributed by atoms with Crippen LogP contribution in [-0.4, -0.2) is 28.9 Å². The van der Waals surface area contributed by atoms with Crippen molar-refractivity contribution in [3.63, 3.8) is 0 Å². The van der Waals surface area contributed by atoms with Gasteiger partial charge in [-0.1, -0.05) is 0 Å². The number of pyridine rings is 1. The fraction of sp³-hybridized carbons (Fsp3) is 0.455. The number of aromatic nitrogens is 1. The molecule has 0 saturated carbocycles. The number of rotatable bonds is 2. The van der Waals surface area contributed by atoms with Crippen LogP contribution in [0.2, 0.25) is 0 Å². The molecule has 0 aliphatic rings. The summed E-state index contributed by atoms with van der Waals surface area (Å²) in [6, 6.07) is 2.06. The molecule has 1 amide bonds. The molecule has 0 radical (unpaired) electrons. The fourth-order valence-electron chi connectivity index (χ4n) is 1.11. The lowest BCUT2D eigenvalue weighted by atomic mass is 10.1. The van der Waals surface area contributed by atoms with E-state index in [1.54, 1.807) is 24.3 Å². The normalized spacial score (nSPS) is 10.4. The number of carbonyl (C=O) groups is 1. The molecule has 1 aromatic rings. The van der Waals surface area contributed by atoms with E-state index in [1.807, 2.05) is 26.8 Å². The Bertz CT molecular complexity index is 334. The summed E-state index contributed by atoms with van der Waals surface area (Å²) in [7, 11) is 1.80. The topological polar surface area (TPSA) is 33.2 Å². The lowest BCUT2D eigenvalue weighted by Crippen LogP contribution is -2.33. The second-order valence-corrected chi connectivity index (χ2v) is 3.70. The Morgan fingerprint density at radius 3 is 2.64 bits per heavy atom. The summed E-state index contributed by atoms with van der Waals surface area (Å²) in [5, 5.41) is 0. The third-order valence-electron chi connectivity index (χ3n) is 2.36. The number of aryl methyl sites for hydroxylation is 1. The number of hydrogen-bond acceptors (Lipinski definition) is 2. The molecular formula is C11H16N2O. The molecule has 14 heavy (non-hydrogen) atoms. The largest absolute Gasteiger partial charge is 0.339 e. The SMILES string of the molecule is Cc1ccncc1C(=O)N(C)C(C)C. The van der Waals surface area contributed by atoms with Gasteiger partial charge in [0, 0.05) is 25.5 Å². The van der Waals surface area contributed by atoms with Crippen molar-refractivity contribution in [1.82, 2.24) is 9.88 Å². The minimum absolute atomic E-state index is 0.0330. The van der Waals surface area contributed by atoms with Gasteiger partial charge in [-0.3, -0.25) is 9.78 Å². The number of amides is 1. The minimum atomic E-state index is 0.0330. The average molecular weight is 192 g/mol. The van der Waals surface area contributed by atoms with E-state index in [0.29, 0.717) is 5.56 Å². The summed E-state index contributed by atoms with van der Waals surface area (Å²) in [4.78, 5) is 17.6. The van der Waals surface area contributed by atoms with E-state index in [0.717, 1.165) is 5.56 Å². The van der Waals surface area contributed by atoms with Gasteiger partial charge in [-0.05, 0) is 32.4 Å². The Hall–Kier alpha value is -1.38. The van der Waals surface area contributed by atoms with Crippen LogP contribution in [0.15, 0.2) is 18.5 Å². The van der Waals surface area contributed by atoms with E-state index in [4.69, 9.17) is 0 Å². The van der Waals surface area contributed by atoms with Gasteiger partial charge in [0.2, 0.25) is 0 Å². The lowest BCUT2D eigenvalue weighted by molar-refractivity contribution is 0.0754. The smallest absolute Gasteiger partial charge is 0.255 e. The molecule has 0 aliphatic heterocycles. The molecule has 1 rings (SSSR count). The van der Waals surface area contributed by atoms with Gasteiger partial charge in [0.1, 0.15) is 0 Å². The quantitative estimate of drug-likeness (QED) is 0.716. The van der Waals surface area contributed by atoms with Gasteiger partial charge in [0.15, 0.2) is 0 Å². The highest BCUT2D eigenvalue weighted by molar-refractivity contribution is 5.95. The molecule has 76 valence electrons. The van der Waals surface area contributed by atoms with Crippen molar-refractivity contribution < 1.29 is 4.79 Å². The van der Waals surface area contributed by atoms with Crippen LogP contribution in [0.5, 0.6) is 0 Å². The van der Waals surface area contributed by atoms with Crippen molar-refractivity contribution in [2.75, 3.05) is 7.05 Å². The van der Waals surface area contributed by atoms with E-state index in [2.05, 4.69) is 4.98 Å². The second-order valence-electron chi connectivity index (χ2n) is 3.70. The second kappa shape index (κ2) is 4.22. The molecule has 1 heterocycles. The highest BCUT2D eigenvalue weighted by atomic mass is 16.2. The van der Waals surface area contributed by atoms with Crippen LogP contribution < -0.4 is 0 Å². The highest BCUT2D eigenvalue weighted by Crippen LogP contribution is 2.09. The van der Waals surface area contributed by atoms with Crippen molar-refractivity contribution >= 4 is 5.91 Å². The first kappa shape index (κ1) is 10.7. The number of nitrogens with zero attached hydrogens (tertiary/aromatic N) is 2. The summed E-state index contributed by atoms with van der Waals surface area (Å²) in [5.41, 5.74) is 1.65. The number of carbonyl (C=O) groups excluding carboxylic acids is 1. The first-order valence-electron chi connectivity index (χ1n) is 4.71. The molecule has 0 aromatic carbocycles. The Labute approximate surface area is 84.8 Å². The Morgan fingerprint density at radius 1 is 1.50 bits per heavy atom. The summed E-state index contributed by atoms with van der Waals surface area (Å²) in [6.07, 6.45) is 3.32. The van der Waals surface area contributed by atoms with Gasteiger partial charge < -0.3 is 4.90 Å². The van der Waals surface area contributed by atoms with Crippen LogP contribution in [0, 0.1) is 6.92 Å². The van der Waals surface area contributed by atoms with E-state index in [1.165, 1.54) is 0 Å². The van der Waals surface area contributed by atoms with Crippen LogP contribution in [0.1, 0.15) is 29.8 Å². The van der Waals surface area contributed by atoms with Crippen LogP contribution in [0.4, 0.5) is 0 Å². The standard InChI is InChI=1S/C11H16N2O/c1-8(2)13(4)11(14)10-7-12-6-5-9(10)3/h5-8H,1-4H3. The maximum absolute atomic E-state index is 11.9. The Balaban J connectivity index is 2.95. The maximum Gasteiger partial charge on any atom is 0.255 e. The first-order chi connectivity index (χ1) is 6.54. The summed E-state index contributed by atoms with van der Waals surface area (Å²) >= 11 is 0. The first-order valence-corrected chi connectivity index (χ1v) is 4.71. The van der Waals surface area contributed by atoms with Gasteiger partial charge in [-0.2, -0.15) is 0 Å². The Morgan fingerprint density at radius 2 is 2.14 bits per heavy atom. The van der Waals surface area contributed by atoms with E-state index in [-0.39, 0.29) is 11.9 Å². The van der Waals surface area contributed by atoms with Crippen LogP contribution >= 0.6 is 0 Å².